The minimum Gasteiger partial charge on any atom is -0.490 e. The standard InChI is InChI=1S/C11H15NO2.ClH/c12-9-1-3-10(4-2-9)14-11-5-7-13-8-6-11;/h1-4,11H,5-8,12H2;1H. The highest BCUT2D eigenvalue weighted by Gasteiger charge is 2.14. The van der Waals surface area contributed by atoms with Crippen LogP contribution in [-0.4, -0.2) is 19.3 Å². The van der Waals surface area contributed by atoms with Crippen molar-refractivity contribution in [1.29, 1.82) is 0 Å². The van der Waals surface area contributed by atoms with Crippen LogP contribution in [0.2, 0.25) is 0 Å². The molecule has 1 heterocycles. The summed E-state index contributed by atoms with van der Waals surface area (Å²) in [5.74, 6) is 0.895. The third-order valence-corrected chi connectivity index (χ3v) is 2.35. The Balaban J connectivity index is 0.00000112. The summed E-state index contributed by atoms with van der Waals surface area (Å²) in [6, 6.07) is 7.53. The van der Waals surface area contributed by atoms with Gasteiger partial charge in [0, 0.05) is 18.5 Å². The van der Waals surface area contributed by atoms with Crippen LogP contribution < -0.4 is 10.5 Å². The van der Waals surface area contributed by atoms with Gasteiger partial charge in [-0.2, -0.15) is 0 Å². The molecule has 4 heteroatoms. The van der Waals surface area contributed by atoms with E-state index in [4.69, 9.17) is 15.2 Å². The molecule has 0 aromatic heterocycles. The molecule has 0 spiro atoms. The predicted octanol–water partition coefficient (Wildman–Crippen LogP) is 2.25. The molecule has 84 valence electrons. The monoisotopic (exact) mass is 229 g/mol. The highest BCUT2D eigenvalue weighted by molar-refractivity contribution is 5.85. The fourth-order valence-electron chi connectivity index (χ4n) is 1.53. The molecule has 1 aliphatic heterocycles. The molecule has 0 radical (unpaired) electrons. The maximum absolute atomic E-state index is 5.77. The number of anilines is 1. The lowest BCUT2D eigenvalue weighted by Crippen LogP contribution is -2.25. The van der Waals surface area contributed by atoms with Crippen molar-refractivity contribution in [2.24, 2.45) is 0 Å². The van der Waals surface area contributed by atoms with Gasteiger partial charge in [-0.3, -0.25) is 0 Å². The molecular weight excluding hydrogens is 214 g/mol. The first-order valence-corrected chi connectivity index (χ1v) is 4.94. The summed E-state index contributed by atoms with van der Waals surface area (Å²) in [5, 5.41) is 0. The molecule has 3 nitrogen and oxygen atoms in total. The Labute approximate surface area is 96.0 Å². The van der Waals surface area contributed by atoms with Crippen LogP contribution in [0.3, 0.4) is 0 Å². The average molecular weight is 230 g/mol. The van der Waals surface area contributed by atoms with Gasteiger partial charge in [-0.25, -0.2) is 0 Å². The van der Waals surface area contributed by atoms with Crippen LogP contribution in [0.5, 0.6) is 5.75 Å². The molecule has 1 aromatic rings. The van der Waals surface area contributed by atoms with Crippen molar-refractivity contribution in [3.05, 3.63) is 24.3 Å². The number of rotatable bonds is 2. The lowest BCUT2D eigenvalue weighted by atomic mass is 10.1. The van der Waals surface area contributed by atoms with Gasteiger partial charge in [0.2, 0.25) is 0 Å². The Bertz CT molecular complexity index is 283. The minimum absolute atomic E-state index is 0. The molecule has 0 unspecified atom stereocenters. The molecule has 2 N–H and O–H groups in total. The molecule has 0 aliphatic carbocycles. The first kappa shape index (κ1) is 12.1. The quantitative estimate of drug-likeness (QED) is 0.792. The topological polar surface area (TPSA) is 44.5 Å². The van der Waals surface area contributed by atoms with Crippen LogP contribution in [-0.2, 0) is 4.74 Å². The maximum atomic E-state index is 5.77. The number of nitrogens with two attached hydrogens (primary N) is 1. The molecule has 0 saturated carbocycles. The van der Waals surface area contributed by atoms with Crippen molar-refractivity contribution in [2.75, 3.05) is 18.9 Å². The van der Waals surface area contributed by atoms with E-state index in [-0.39, 0.29) is 12.4 Å². The number of ether oxygens (including phenoxy) is 2. The highest BCUT2D eigenvalue weighted by atomic mass is 35.5. The van der Waals surface area contributed by atoms with E-state index in [9.17, 15) is 0 Å². The smallest absolute Gasteiger partial charge is 0.119 e. The van der Waals surface area contributed by atoms with Gasteiger partial charge in [0.1, 0.15) is 11.9 Å². The van der Waals surface area contributed by atoms with Crippen LogP contribution >= 0.6 is 12.4 Å². The van der Waals surface area contributed by atoms with Gasteiger partial charge in [0.05, 0.1) is 13.2 Å². The molecule has 0 amide bonds. The Hall–Kier alpha value is -0.930. The van der Waals surface area contributed by atoms with Crippen LogP contribution in [0.25, 0.3) is 0 Å². The van der Waals surface area contributed by atoms with Gasteiger partial charge in [-0.15, -0.1) is 12.4 Å². The fraction of sp³-hybridized carbons (Fsp3) is 0.455. The Kier molecular flexibility index (Phi) is 4.72. The van der Waals surface area contributed by atoms with E-state index in [2.05, 4.69) is 0 Å². The number of hydrogen-bond donors (Lipinski definition) is 1. The zero-order valence-electron chi connectivity index (χ0n) is 8.52. The van der Waals surface area contributed by atoms with Crippen molar-refractivity contribution in [2.45, 2.75) is 18.9 Å². The third kappa shape index (κ3) is 3.61. The molecule has 1 aromatic carbocycles. The van der Waals surface area contributed by atoms with Gasteiger partial charge in [0.25, 0.3) is 0 Å². The first-order valence-electron chi connectivity index (χ1n) is 4.94. The van der Waals surface area contributed by atoms with Crippen LogP contribution in [0.1, 0.15) is 12.8 Å². The van der Waals surface area contributed by atoms with Gasteiger partial charge in [0.15, 0.2) is 0 Å². The maximum Gasteiger partial charge on any atom is 0.119 e. The lowest BCUT2D eigenvalue weighted by Gasteiger charge is -2.23. The molecule has 1 fully saturated rings. The summed E-state index contributed by atoms with van der Waals surface area (Å²) in [4.78, 5) is 0. The largest absolute Gasteiger partial charge is 0.490 e. The Morgan fingerprint density at radius 2 is 1.73 bits per heavy atom. The SMILES string of the molecule is Cl.Nc1ccc(OC2CCOCC2)cc1. The van der Waals surface area contributed by atoms with Crippen molar-refractivity contribution in [3.63, 3.8) is 0 Å². The van der Waals surface area contributed by atoms with Crippen LogP contribution in [0, 0.1) is 0 Å². The summed E-state index contributed by atoms with van der Waals surface area (Å²) >= 11 is 0. The number of nitrogen functional groups attached to an aromatic ring is 1. The Morgan fingerprint density at radius 3 is 2.33 bits per heavy atom. The summed E-state index contributed by atoms with van der Waals surface area (Å²) in [5.41, 5.74) is 6.35. The second kappa shape index (κ2) is 5.83. The number of hydrogen-bond acceptors (Lipinski definition) is 3. The molecule has 1 saturated heterocycles. The highest BCUT2D eigenvalue weighted by Crippen LogP contribution is 2.18. The second-order valence-electron chi connectivity index (χ2n) is 3.50. The summed E-state index contributed by atoms with van der Waals surface area (Å²) in [7, 11) is 0. The molecular formula is C11H16ClNO2. The first-order chi connectivity index (χ1) is 6.84. The normalized spacial score (nSPS) is 16.8. The summed E-state index contributed by atoms with van der Waals surface area (Å²) in [6.45, 7) is 1.61. The number of benzene rings is 1. The average Bonchev–Trinajstić information content (AvgIpc) is 2.23. The van der Waals surface area contributed by atoms with Crippen LogP contribution in [0.4, 0.5) is 5.69 Å². The van der Waals surface area contributed by atoms with Gasteiger partial charge < -0.3 is 15.2 Å². The zero-order chi connectivity index (χ0) is 9.80. The Morgan fingerprint density at radius 1 is 1.13 bits per heavy atom. The lowest BCUT2D eigenvalue weighted by molar-refractivity contribution is 0.0256. The van der Waals surface area contributed by atoms with E-state index in [1.54, 1.807) is 0 Å². The molecule has 1 aliphatic rings. The zero-order valence-corrected chi connectivity index (χ0v) is 9.33. The van der Waals surface area contributed by atoms with Crippen molar-refractivity contribution in [1.82, 2.24) is 0 Å². The van der Waals surface area contributed by atoms with Crippen LogP contribution in [0.15, 0.2) is 24.3 Å². The van der Waals surface area contributed by atoms with Crippen molar-refractivity contribution in [3.8, 4) is 5.75 Å². The van der Waals surface area contributed by atoms with E-state index in [0.29, 0.717) is 6.10 Å². The predicted molar refractivity (Wildman–Crippen MR) is 62.6 cm³/mol. The van der Waals surface area contributed by atoms with E-state index in [1.807, 2.05) is 24.3 Å². The minimum atomic E-state index is 0. The van der Waals surface area contributed by atoms with Gasteiger partial charge >= 0.3 is 0 Å². The second-order valence-corrected chi connectivity index (χ2v) is 3.50. The van der Waals surface area contributed by atoms with E-state index in [0.717, 1.165) is 37.5 Å². The third-order valence-electron chi connectivity index (χ3n) is 2.35. The fourth-order valence-corrected chi connectivity index (χ4v) is 1.53. The summed E-state index contributed by atoms with van der Waals surface area (Å²) < 4.78 is 11.0. The molecule has 15 heavy (non-hydrogen) atoms. The van der Waals surface area contributed by atoms with E-state index < -0.39 is 0 Å². The summed E-state index contributed by atoms with van der Waals surface area (Å²) in [6.07, 6.45) is 2.25. The van der Waals surface area contributed by atoms with E-state index >= 15 is 0 Å². The van der Waals surface area contributed by atoms with E-state index in [1.165, 1.54) is 0 Å². The number of halogens is 1. The molecule has 0 bridgehead atoms. The van der Waals surface area contributed by atoms with Gasteiger partial charge in [-0.1, -0.05) is 0 Å². The van der Waals surface area contributed by atoms with Gasteiger partial charge in [-0.05, 0) is 24.3 Å². The molecule has 0 atom stereocenters. The molecule has 2 rings (SSSR count). The van der Waals surface area contributed by atoms with Crippen molar-refractivity contribution < 1.29 is 9.47 Å². The van der Waals surface area contributed by atoms with Crippen molar-refractivity contribution >= 4 is 18.1 Å².